The highest BCUT2D eigenvalue weighted by atomic mass is 19.1. The third-order valence-corrected chi connectivity index (χ3v) is 14.2. The van der Waals surface area contributed by atoms with Gasteiger partial charge in [-0.25, -0.2) is 34.6 Å². The molecule has 21 heteroatoms. The summed E-state index contributed by atoms with van der Waals surface area (Å²) in [4.78, 5) is 76.3. The lowest BCUT2D eigenvalue weighted by molar-refractivity contribution is -0.302. The first-order valence-corrected chi connectivity index (χ1v) is 23.6. The molecule has 68 heavy (non-hydrogen) atoms. The first-order chi connectivity index (χ1) is 32.3. The molecule has 4 N–H and O–H groups in total. The number of aromatic nitrogens is 5. The van der Waals surface area contributed by atoms with Crippen LogP contribution < -0.4 is 11.2 Å². The number of hydrogen-bond acceptors (Lipinski definition) is 18. The van der Waals surface area contributed by atoms with Gasteiger partial charge in [0.2, 0.25) is 0 Å². The molecule has 3 aliphatic heterocycles. The number of nitrogens with two attached hydrogens (primary N) is 1. The maximum Gasteiger partial charge on any atom is 0.425 e. The smallest absolute Gasteiger partial charge is 0.425 e. The second-order valence-corrected chi connectivity index (χ2v) is 19.1. The van der Waals surface area contributed by atoms with Crippen LogP contribution in [0.4, 0.5) is 15.0 Å². The number of aryl methyl sites for hydroxylation is 1. The van der Waals surface area contributed by atoms with E-state index in [9.17, 15) is 23.9 Å². The number of esters is 2. The van der Waals surface area contributed by atoms with Crippen molar-refractivity contribution >= 4 is 40.8 Å². The van der Waals surface area contributed by atoms with E-state index in [2.05, 4.69) is 25.4 Å². The van der Waals surface area contributed by atoms with Crippen molar-refractivity contribution in [1.82, 2.24) is 39.8 Å². The van der Waals surface area contributed by atoms with Gasteiger partial charge in [0.05, 0.1) is 42.2 Å². The molecule has 3 aromatic heterocycles. The fourth-order valence-electron chi connectivity index (χ4n) is 10.5. The van der Waals surface area contributed by atoms with Crippen LogP contribution in [0.3, 0.4) is 0 Å². The number of hydrazine groups is 1. The van der Waals surface area contributed by atoms with E-state index >= 15 is 4.79 Å². The average Bonchev–Trinajstić information content (AvgIpc) is 3.85. The number of likely N-dealkylation sites (N-methyl/N-ethyl adjacent to an activating group) is 1. The van der Waals surface area contributed by atoms with Crippen LogP contribution >= 0.6 is 0 Å². The quantitative estimate of drug-likeness (QED) is 0.111. The molecular formula is C47H70FN9O11. The Morgan fingerprint density at radius 2 is 1.84 bits per heavy atom. The van der Waals surface area contributed by atoms with Gasteiger partial charge in [0.1, 0.15) is 48.7 Å². The Bertz CT molecular complexity index is 2210. The van der Waals surface area contributed by atoms with Gasteiger partial charge in [0.25, 0.3) is 0 Å². The molecule has 3 saturated heterocycles. The number of carbonyl (C=O) groups excluding carboxylic acids is 4. The summed E-state index contributed by atoms with van der Waals surface area (Å²) in [7, 11) is 3.19. The number of nitrogens with one attached hydrogen (secondary N) is 1. The Kier molecular flexibility index (Phi) is 17.1. The summed E-state index contributed by atoms with van der Waals surface area (Å²) in [6.45, 7) is 14.0. The second-order valence-electron chi connectivity index (χ2n) is 19.1. The molecule has 376 valence electrons. The van der Waals surface area contributed by atoms with Crippen LogP contribution in [-0.4, -0.2) is 157 Å². The fourth-order valence-corrected chi connectivity index (χ4v) is 10.5. The SMILES string of the molecule is CC[C@H]1OC(=O)[C@H](C)[C@@H](OC(=O)Cc2ccccn2)[C@H](C)[C@@H](O[C@H]2O[C@@H](C)C[C@@H](N(C)CCF)[C@@H]2O)[C@](C)(OC)C[C@@H](C)C(=O)[C@H](C)[C@H]2N(NCCCn3cnc4c(N)ncnc43)C(=O)O[C@]12C. The standard InChI is InChI=1S/C47H70FN9O11/c1-11-33-47(8)39(57(45(62)68-47)54-18-14-19-56-25-53-35-41(49)51-24-52-42(35)56)28(4)36(59)26(2)23-46(7,63-10)40(67-44-37(60)32(21-27(3)64-44)55(9)20-16-48)29(5)38(30(6)43(61)65-33)66-34(58)22-31-15-12-13-17-50-31/h12-13,15,17,24-30,32-33,37-40,44,54,60H,11,14,16,18-23H2,1-10H3,(H2,49,51,52)/t26-,27+,28+,29+,30-,32-,33-,37+,38+,39-,40-,44-,46-,47-/m1/s1. The number of pyridine rings is 1. The number of aliphatic hydroxyl groups excluding tert-OH is 1. The lowest BCUT2D eigenvalue weighted by atomic mass is 9.73. The van der Waals surface area contributed by atoms with Crippen molar-refractivity contribution in [1.29, 1.82) is 0 Å². The summed E-state index contributed by atoms with van der Waals surface area (Å²) in [6.07, 6.45) is -1.77. The van der Waals surface area contributed by atoms with Crippen LogP contribution in [0.15, 0.2) is 37.1 Å². The van der Waals surface area contributed by atoms with Crippen molar-refractivity contribution in [3.05, 3.63) is 42.7 Å². The predicted octanol–water partition coefficient (Wildman–Crippen LogP) is 3.83. The summed E-state index contributed by atoms with van der Waals surface area (Å²) in [6, 6.07) is 3.61. The molecule has 0 bridgehead atoms. The number of ketones is 1. The number of aliphatic hydroxyl groups is 1. The minimum absolute atomic E-state index is 0.0362. The van der Waals surface area contributed by atoms with Crippen LogP contribution in [-0.2, 0) is 55.8 Å². The molecule has 3 aromatic rings. The number of imidazole rings is 1. The van der Waals surface area contributed by atoms with E-state index < -0.39 is 108 Å². The van der Waals surface area contributed by atoms with Crippen molar-refractivity contribution < 1.29 is 57.1 Å². The number of nitrogens with zero attached hydrogens (tertiary/aromatic N) is 7. The van der Waals surface area contributed by atoms with E-state index in [1.807, 2.05) is 11.5 Å². The highest BCUT2D eigenvalue weighted by molar-refractivity contribution is 5.85. The third-order valence-electron chi connectivity index (χ3n) is 14.2. The maximum absolute atomic E-state index is 15.0. The molecule has 14 atom stereocenters. The third kappa shape index (κ3) is 11.1. The number of methoxy groups -OCH3 is 1. The molecule has 0 aliphatic carbocycles. The number of cyclic esters (lactones) is 1. The van der Waals surface area contributed by atoms with E-state index in [4.69, 9.17) is 34.2 Å². The molecular weight excluding hydrogens is 886 g/mol. The van der Waals surface area contributed by atoms with Gasteiger partial charge in [-0.3, -0.25) is 24.3 Å². The molecule has 1 amide bonds. The van der Waals surface area contributed by atoms with Crippen LogP contribution in [0, 0.1) is 23.7 Å². The van der Waals surface area contributed by atoms with Crippen molar-refractivity contribution in [2.45, 2.75) is 154 Å². The Morgan fingerprint density at radius 3 is 2.51 bits per heavy atom. The van der Waals surface area contributed by atoms with E-state index in [0.29, 0.717) is 36.2 Å². The van der Waals surface area contributed by atoms with E-state index in [1.54, 1.807) is 91.1 Å². The van der Waals surface area contributed by atoms with Crippen molar-refractivity contribution in [3.63, 3.8) is 0 Å². The average molecular weight is 956 g/mol. The van der Waals surface area contributed by atoms with Gasteiger partial charge in [-0.2, -0.15) is 0 Å². The number of Topliss-reactive ketones (excluding diaryl/α,β-unsaturated/α-hetero) is 1. The van der Waals surface area contributed by atoms with Crippen molar-refractivity contribution in [2.24, 2.45) is 23.7 Å². The van der Waals surface area contributed by atoms with E-state index in [0.717, 1.165) is 0 Å². The van der Waals surface area contributed by atoms with Crippen LogP contribution in [0.1, 0.15) is 86.8 Å². The second kappa shape index (κ2) is 22.2. The number of alkyl halides is 1. The van der Waals surface area contributed by atoms with Gasteiger partial charge in [0, 0.05) is 56.7 Å². The zero-order valence-electron chi connectivity index (χ0n) is 40.9. The Balaban J connectivity index is 1.37. The van der Waals surface area contributed by atoms with Gasteiger partial charge in [-0.15, -0.1) is 0 Å². The highest BCUT2D eigenvalue weighted by Crippen LogP contribution is 2.43. The molecule has 6 heterocycles. The summed E-state index contributed by atoms with van der Waals surface area (Å²) in [5, 5.41) is 13.1. The first kappa shape index (κ1) is 52.4. The number of fused-ring (bicyclic) bond motifs is 2. The fraction of sp³-hybridized carbons (Fsp3) is 0.702. The van der Waals surface area contributed by atoms with E-state index in [1.165, 1.54) is 18.4 Å². The number of halogens is 1. The first-order valence-electron chi connectivity index (χ1n) is 23.6. The van der Waals surface area contributed by atoms with Gasteiger partial charge in [0.15, 0.2) is 23.4 Å². The summed E-state index contributed by atoms with van der Waals surface area (Å²) in [5.74, 6) is -5.15. The Labute approximate surface area is 397 Å². The molecule has 3 aliphatic rings. The van der Waals surface area contributed by atoms with Crippen LogP contribution in [0.2, 0.25) is 0 Å². The largest absolute Gasteiger partial charge is 0.461 e. The van der Waals surface area contributed by atoms with Crippen molar-refractivity contribution in [2.75, 3.05) is 39.7 Å². The van der Waals surface area contributed by atoms with Crippen LogP contribution in [0.25, 0.3) is 11.2 Å². The molecule has 0 radical (unpaired) electrons. The maximum atomic E-state index is 15.0. The summed E-state index contributed by atoms with van der Waals surface area (Å²) < 4.78 is 53.7. The van der Waals surface area contributed by atoms with Gasteiger partial charge in [-0.05, 0) is 72.6 Å². The zero-order chi connectivity index (χ0) is 49.7. The van der Waals surface area contributed by atoms with Gasteiger partial charge < -0.3 is 43.8 Å². The van der Waals surface area contributed by atoms with E-state index in [-0.39, 0.29) is 44.0 Å². The normalized spacial score (nSPS) is 34.1. The Hall–Kier alpha value is -4.93. The predicted molar refractivity (Wildman–Crippen MR) is 245 cm³/mol. The lowest BCUT2D eigenvalue weighted by Crippen LogP contribution is -2.62. The highest BCUT2D eigenvalue weighted by Gasteiger charge is 2.61. The number of carbonyl (C=O) groups is 4. The summed E-state index contributed by atoms with van der Waals surface area (Å²) >= 11 is 0. The molecule has 0 spiro atoms. The van der Waals surface area contributed by atoms with Crippen molar-refractivity contribution in [3.8, 4) is 0 Å². The minimum atomic E-state index is -1.55. The molecule has 20 nitrogen and oxygen atoms in total. The molecule has 0 aromatic carbocycles. The number of nitrogen functional groups attached to an aromatic ring is 1. The summed E-state index contributed by atoms with van der Waals surface area (Å²) in [5.41, 5.74) is 7.73. The Morgan fingerprint density at radius 1 is 1.09 bits per heavy atom. The zero-order valence-corrected chi connectivity index (χ0v) is 40.9. The number of anilines is 1. The van der Waals surface area contributed by atoms with Crippen LogP contribution in [0.5, 0.6) is 0 Å². The monoisotopic (exact) mass is 956 g/mol. The topological polar surface area (TPSA) is 245 Å². The van der Waals surface area contributed by atoms with Gasteiger partial charge >= 0.3 is 18.0 Å². The molecule has 3 fully saturated rings. The number of rotatable bonds is 15. The molecule has 0 saturated carbocycles. The molecule has 6 rings (SSSR count). The number of hydrogen-bond donors (Lipinski definition) is 3. The molecule has 0 unspecified atom stereocenters. The lowest BCUT2D eigenvalue weighted by Gasteiger charge is -2.48. The number of ether oxygens (including phenoxy) is 6. The van der Waals surface area contributed by atoms with Gasteiger partial charge in [-0.1, -0.05) is 33.8 Å². The minimum Gasteiger partial charge on any atom is -0.461 e. The number of amides is 1.